The van der Waals surface area contributed by atoms with Crippen molar-refractivity contribution in [3.63, 3.8) is 0 Å². The number of aromatic nitrogens is 2. The molecule has 4 N–H and O–H groups in total. The first-order valence-electron chi connectivity index (χ1n) is 6.28. The molecule has 0 atom stereocenters. The van der Waals surface area contributed by atoms with Gasteiger partial charge in [-0.2, -0.15) is 5.10 Å². The maximum Gasteiger partial charge on any atom is 0.123 e. The van der Waals surface area contributed by atoms with Crippen LogP contribution in [0.1, 0.15) is 5.56 Å². The van der Waals surface area contributed by atoms with Gasteiger partial charge in [0.2, 0.25) is 0 Å². The summed E-state index contributed by atoms with van der Waals surface area (Å²) in [5, 5.41) is 9.72. The monoisotopic (exact) mass is 285 g/mol. The lowest BCUT2D eigenvalue weighted by molar-refractivity contribution is 0.628. The van der Waals surface area contributed by atoms with Gasteiger partial charge in [-0.05, 0) is 30.3 Å². The van der Waals surface area contributed by atoms with Crippen LogP contribution in [0.25, 0.3) is 17.0 Å². The van der Waals surface area contributed by atoms with Crippen molar-refractivity contribution in [3.05, 3.63) is 60.3 Å². The molecule has 5 nitrogen and oxygen atoms in total. The largest absolute Gasteiger partial charge is 0.398 e. The number of rotatable bonds is 5. The summed E-state index contributed by atoms with van der Waals surface area (Å²) in [5.74, 6) is 0.238. The van der Waals surface area contributed by atoms with Crippen molar-refractivity contribution in [2.24, 2.45) is 10.7 Å². The summed E-state index contributed by atoms with van der Waals surface area (Å²) in [5.41, 5.74) is 8.68. The number of benzene rings is 1. The van der Waals surface area contributed by atoms with Gasteiger partial charge in [-0.25, -0.2) is 9.38 Å². The number of nitrogens with zero attached hydrogens (tertiary/aromatic N) is 2. The number of H-pyrrole nitrogens is 1. The van der Waals surface area contributed by atoms with E-state index in [0.29, 0.717) is 17.2 Å². The quantitative estimate of drug-likeness (QED) is 0.737. The van der Waals surface area contributed by atoms with E-state index in [4.69, 9.17) is 5.73 Å². The Morgan fingerprint density at radius 3 is 2.81 bits per heavy atom. The average molecular weight is 285 g/mol. The van der Waals surface area contributed by atoms with Crippen LogP contribution < -0.4 is 11.1 Å². The third kappa shape index (κ3) is 3.56. The highest BCUT2D eigenvalue weighted by molar-refractivity contribution is 5.87. The van der Waals surface area contributed by atoms with Gasteiger partial charge in [-0.15, -0.1) is 0 Å². The van der Waals surface area contributed by atoms with Gasteiger partial charge in [0.1, 0.15) is 17.3 Å². The molecular weight excluding hydrogens is 269 g/mol. The molecule has 0 aliphatic carbocycles. The zero-order valence-electron chi connectivity index (χ0n) is 11.6. The number of aromatic amines is 1. The number of hydrogen-bond donors (Lipinski definition) is 3. The van der Waals surface area contributed by atoms with Crippen LogP contribution in [0.5, 0.6) is 0 Å². The standard InChI is InChI=1S/C15H16FN5/c1-10(18-2)19-8-7-14(17)13-9-20-21-15(13)11-3-5-12(16)6-4-11/h3-9,18H,1,17H2,2H3,(H,20,21)/b14-7-,19-8-. The first kappa shape index (κ1) is 14.5. The summed E-state index contributed by atoms with van der Waals surface area (Å²) in [4.78, 5) is 4.04. The SMILES string of the molecule is C=C(/N=C\C=C(/N)c1c[nH]nc1-c1ccc(F)cc1)NC. The number of hydrogen-bond acceptors (Lipinski definition) is 4. The highest BCUT2D eigenvalue weighted by Crippen LogP contribution is 2.24. The van der Waals surface area contributed by atoms with E-state index < -0.39 is 0 Å². The molecule has 0 fully saturated rings. The minimum absolute atomic E-state index is 0.294. The van der Waals surface area contributed by atoms with Gasteiger partial charge in [0.05, 0.1) is 0 Å². The lowest BCUT2D eigenvalue weighted by Crippen LogP contribution is -2.01. The second-order valence-electron chi connectivity index (χ2n) is 4.25. The van der Waals surface area contributed by atoms with Crippen LogP contribution >= 0.6 is 0 Å². The Morgan fingerprint density at radius 1 is 1.43 bits per heavy atom. The smallest absolute Gasteiger partial charge is 0.123 e. The molecule has 0 spiro atoms. The Bertz CT molecular complexity index is 682. The zero-order chi connectivity index (χ0) is 15.2. The van der Waals surface area contributed by atoms with Crippen molar-refractivity contribution in [2.45, 2.75) is 0 Å². The van der Waals surface area contributed by atoms with Gasteiger partial charge >= 0.3 is 0 Å². The topological polar surface area (TPSA) is 79.1 Å². The highest BCUT2D eigenvalue weighted by Gasteiger charge is 2.10. The highest BCUT2D eigenvalue weighted by atomic mass is 19.1. The molecule has 0 amide bonds. The van der Waals surface area contributed by atoms with Crippen LogP contribution in [-0.4, -0.2) is 23.5 Å². The van der Waals surface area contributed by atoms with Crippen LogP contribution in [0, 0.1) is 5.82 Å². The molecule has 0 saturated carbocycles. The second kappa shape index (κ2) is 6.51. The van der Waals surface area contributed by atoms with E-state index in [9.17, 15) is 4.39 Å². The van der Waals surface area contributed by atoms with Crippen molar-refractivity contribution < 1.29 is 4.39 Å². The maximum atomic E-state index is 13.0. The summed E-state index contributed by atoms with van der Waals surface area (Å²) in [7, 11) is 1.73. The summed E-state index contributed by atoms with van der Waals surface area (Å²) in [6.45, 7) is 3.67. The number of nitrogens with one attached hydrogen (secondary N) is 2. The number of aliphatic imine (C=N–C) groups is 1. The molecule has 2 rings (SSSR count). The molecular formula is C15H16FN5. The fourth-order valence-corrected chi connectivity index (χ4v) is 1.70. The molecule has 1 aromatic heterocycles. The van der Waals surface area contributed by atoms with E-state index in [1.165, 1.54) is 12.1 Å². The summed E-state index contributed by atoms with van der Waals surface area (Å²) in [6, 6.07) is 6.07. The number of nitrogens with two attached hydrogens (primary N) is 1. The normalized spacial score (nSPS) is 11.8. The molecule has 1 aromatic carbocycles. The molecule has 1 heterocycles. The third-order valence-corrected chi connectivity index (χ3v) is 2.84. The first-order chi connectivity index (χ1) is 10.1. The Hall–Kier alpha value is -2.89. The zero-order valence-corrected chi connectivity index (χ0v) is 11.6. The molecule has 2 aromatic rings. The van der Waals surface area contributed by atoms with Crippen molar-refractivity contribution in [2.75, 3.05) is 7.05 Å². The molecule has 0 aliphatic rings. The second-order valence-corrected chi connectivity index (χ2v) is 4.25. The molecule has 0 radical (unpaired) electrons. The lowest BCUT2D eigenvalue weighted by atomic mass is 10.1. The fourth-order valence-electron chi connectivity index (χ4n) is 1.70. The minimum atomic E-state index is -0.294. The van der Waals surface area contributed by atoms with Crippen molar-refractivity contribution in [1.29, 1.82) is 0 Å². The van der Waals surface area contributed by atoms with Crippen LogP contribution in [-0.2, 0) is 0 Å². The predicted molar refractivity (Wildman–Crippen MR) is 82.8 cm³/mol. The lowest BCUT2D eigenvalue weighted by Gasteiger charge is -2.02. The summed E-state index contributed by atoms with van der Waals surface area (Å²) < 4.78 is 13.0. The van der Waals surface area contributed by atoms with Gasteiger partial charge in [-0.1, -0.05) is 6.58 Å². The Balaban J connectivity index is 2.27. The summed E-state index contributed by atoms with van der Waals surface area (Å²) >= 11 is 0. The van der Waals surface area contributed by atoms with E-state index >= 15 is 0 Å². The summed E-state index contributed by atoms with van der Waals surface area (Å²) in [6.07, 6.45) is 4.89. The van der Waals surface area contributed by atoms with Crippen molar-refractivity contribution in [3.8, 4) is 11.3 Å². The molecule has 0 aliphatic heterocycles. The van der Waals surface area contributed by atoms with Gasteiger partial charge in [0.15, 0.2) is 0 Å². The van der Waals surface area contributed by atoms with Crippen LogP contribution in [0.3, 0.4) is 0 Å². The van der Waals surface area contributed by atoms with E-state index in [1.807, 2.05) is 0 Å². The van der Waals surface area contributed by atoms with Crippen LogP contribution in [0.15, 0.2) is 53.9 Å². The van der Waals surface area contributed by atoms with Gasteiger partial charge < -0.3 is 11.1 Å². The molecule has 6 heteroatoms. The Labute approximate surface area is 122 Å². The molecule has 0 saturated heterocycles. The van der Waals surface area contributed by atoms with E-state index in [2.05, 4.69) is 27.1 Å². The van der Waals surface area contributed by atoms with E-state index in [1.54, 1.807) is 37.7 Å². The first-order valence-corrected chi connectivity index (χ1v) is 6.28. The molecule has 0 bridgehead atoms. The molecule has 108 valence electrons. The molecule has 21 heavy (non-hydrogen) atoms. The van der Waals surface area contributed by atoms with Gasteiger partial charge in [-0.3, -0.25) is 5.10 Å². The molecule has 0 unspecified atom stereocenters. The average Bonchev–Trinajstić information content (AvgIpc) is 2.97. The fraction of sp³-hybridized carbons (Fsp3) is 0.0667. The van der Waals surface area contributed by atoms with E-state index in [0.717, 1.165) is 11.1 Å². The van der Waals surface area contributed by atoms with Crippen LogP contribution in [0.4, 0.5) is 4.39 Å². The van der Waals surface area contributed by atoms with Gasteiger partial charge in [0.25, 0.3) is 0 Å². The minimum Gasteiger partial charge on any atom is -0.398 e. The third-order valence-electron chi connectivity index (χ3n) is 2.84. The Kier molecular flexibility index (Phi) is 4.50. The number of halogens is 1. The van der Waals surface area contributed by atoms with Gasteiger partial charge in [0, 0.05) is 36.3 Å². The van der Waals surface area contributed by atoms with Crippen molar-refractivity contribution in [1.82, 2.24) is 15.5 Å². The Morgan fingerprint density at radius 2 is 2.14 bits per heavy atom. The van der Waals surface area contributed by atoms with E-state index in [-0.39, 0.29) is 5.82 Å². The maximum absolute atomic E-state index is 13.0. The van der Waals surface area contributed by atoms with Crippen LogP contribution in [0.2, 0.25) is 0 Å². The van der Waals surface area contributed by atoms with Crippen molar-refractivity contribution >= 4 is 11.9 Å². The number of allylic oxidation sites excluding steroid dienone is 1. The predicted octanol–water partition coefficient (Wildman–Crippen LogP) is 2.28.